The summed E-state index contributed by atoms with van der Waals surface area (Å²) in [5.74, 6) is -4.41. The fourth-order valence-electron chi connectivity index (χ4n) is 1.92. The van der Waals surface area contributed by atoms with Crippen molar-refractivity contribution in [3.63, 3.8) is 0 Å². The highest BCUT2D eigenvalue weighted by atomic mass is 32.2. The molecule has 1 aromatic carbocycles. The number of nitrogens with two attached hydrogens (primary N) is 1. The highest BCUT2D eigenvalue weighted by Gasteiger charge is 2.26. The van der Waals surface area contributed by atoms with Crippen LogP contribution in [0.3, 0.4) is 0 Å². The van der Waals surface area contributed by atoms with Crippen LogP contribution < -0.4 is 15.4 Å². The number of aromatic nitrogens is 1. The van der Waals surface area contributed by atoms with Crippen LogP contribution in [-0.4, -0.2) is 36.6 Å². The molecule has 10 nitrogen and oxygen atoms in total. The van der Waals surface area contributed by atoms with E-state index in [-0.39, 0.29) is 16.4 Å². The highest BCUT2D eigenvalue weighted by molar-refractivity contribution is 7.81. The molecule has 2 unspecified atom stereocenters. The summed E-state index contributed by atoms with van der Waals surface area (Å²) in [6.45, 7) is 1.37. The van der Waals surface area contributed by atoms with E-state index in [9.17, 15) is 22.7 Å². The van der Waals surface area contributed by atoms with E-state index in [1.54, 1.807) is 0 Å². The van der Waals surface area contributed by atoms with Crippen LogP contribution in [0, 0.1) is 17.1 Å². The van der Waals surface area contributed by atoms with Crippen molar-refractivity contribution in [3.8, 4) is 0 Å². The van der Waals surface area contributed by atoms with Gasteiger partial charge in [-0.25, -0.2) is 22.7 Å². The first kappa shape index (κ1) is 20.4. The van der Waals surface area contributed by atoms with E-state index in [1.807, 2.05) is 0 Å². The van der Waals surface area contributed by atoms with E-state index in [2.05, 4.69) is 10.3 Å². The van der Waals surface area contributed by atoms with Crippen LogP contribution in [0.2, 0.25) is 0 Å². The number of hydrogen-bond acceptors (Lipinski definition) is 6. The minimum Gasteiger partial charge on any atom is -0.476 e. The fourth-order valence-corrected chi connectivity index (χ4v) is 3.48. The van der Waals surface area contributed by atoms with Gasteiger partial charge in [-0.05, 0) is 19.1 Å². The molecule has 0 fully saturated rings. The lowest BCUT2D eigenvalue weighted by atomic mass is 10.1. The van der Waals surface area contributed by atoms with Gasteiger partial charge in [0, 0.05) is 6.07 Å². The zero-order valence-electron chi connectivity index (χ0n) is 13.7. The van der Waals surface area contributed by atoms with E-state index < -0.39 is 46.4 Å². The average molecular weight is 415 g/mol. The second-order valence-corrected chi connectivity index (χ2v) is 6.83. The standard InChI is InChI=1S/C14H14FN5O5S2/c1-6(11(16)17)12(21)19-9-3-2-7(4-8(9)15)20(27(24)25)13-10(14(22)23)18-5-26-13/h2-6H,1H3,(H3,16,17)(H,19,21)(H,22,23)(H,24,25). The van der Waals surface area contributed by atoms with Crippen molar-refractivity contribution in [2.45, 2.75) is 6.92 Å². The predicted octanol–water partition coefficient (Wildman–Crippen LogP) is 1.77. The summed E-state index contributed by atoms with van der Waals surface area (Å²) in [6.07, 6.45) is 0. The Morgan fingerprint density at radius 2 is 2.15 bits per heavy atom. The van der Waals surface area contributed by atoms with Crippen molar-refractivity contribution < 1.29 is 27.8 Å². The van der Waals surface area contributed by atoms with Crippen LogP contribution in [0.25, 0.3) is 0 Å². The van der Waals surface area contributed by atoms with Crippen molar-refractivity contribution in [1.29, 1.82) is 5.41 Å². The second kappa shape index (κ2) is 8.20. The summed E-state index contributed by atoms with van der Waals surface area (Å²) in [5, 5.41) is 18.4. The van der Waals surface area contributed by atoms with Crippen molar-refractivity contribution >= 4 is 56.7 Å². The molecule has 1 aromatic heterocycles. The van der Waals surface area contributed by atoms with Gasteiger partial charge in [0.05, 0.1) is 22.8 Å². The van der Waals surface area contributed by atoms with E-state index >= 15 is 0 Å². The minimum atomic E-state index is -2.71. The zero-order chi connectivity index (χ0) is 20.3. The first-order valence-electron chi connectivity index (χ1n) is 7.15. The van der Waals surface area contributed by atoms with E-state index in [4.69, 9.17) is 16.2 Å². The Hall–Kier alpha value is -2.90. The molecule has 2 rings (SSSR count). The van der Waals surface area contributed by atoms with Gasteiger partial charge in [-0.15, -0.1) is 11.3 Å². The Balaban J connectivity index is 2.38. The lowest BCUT2D eigenvalue weighted by Gasteiger charge is -2.19. The van der Waals surface area contributed by atoms with E-state index in [1.165, 1.54) is 18.5 Å². The van der Waals surface area contributed by atoms with Crippen LogP contribution in [0.4, 0.5) is 20.8 Å². The molecular weight excluding hydrogens is 401 g/mol. The summed E-state index contributed by atoms with van der Waals surface area (Å²) in [4.78, 5) is 26.7. The summed E-state index contributed by atoms with van der Waals surface area (Å²) in [6, 6.07) is 3.21. The number of rotatable bonds is 7. The van der Waals surface area contributed by atoms with Crippen LogP contribution in [0.5, 0.6) is 0 Å². The molecule has 0 aliphatic rings. The lowest BCUT2D eigenvalue weighted by molar-refractivity contribution is -0.117. The minimum absolute atomic E-state index is 0.127. The Bertz CT molecular complexity index is 934. The molecule has 144 valence electrons. The van der Waals surface area contributed by atoms with Crippen molar-refractivity contribution in [2.75, 3.05) is 9.62 Å². The molecule has 2 atom stereocenters. The monoisotopic (exact) mass is 415 g/mol. The number of amides is 1. The molecule has 0 aliphatic heterocycles. The normalized spacial score (nSPS) is 12.9. The molecule has 0 saturated carbocycles. The number of nitrogens with zero attached hydrogens (tertiary/aromatic N) is 2. The van der Waals surface area contributed by atoms with Crippen LogP contribution in [0.15, 0.2) is 23.7 Å². The Kier molecular flexibility index (Phi) is 6.20. The highest BCUT2D eigenvalue weighted by Crippen LogP contribution is 2.34. The third kappa shape index (κ3) is 4.45. The molecule has 0 radical (unpaired) electrons. The molecule has 0 saturated heterocycles. The number of carbonyl (C=O) groups is 2. The Morgan fingerprint density at radius 3 is 2.67 bits per heavy atom. The topological polar surface area (TPSA) is 170 Å². The van der Waals surface area contributed by atoms with Crippen molar-refractivity contribution in [2.24, 2.45) is 11.7 Å². The quantitative estimate of drug-likeness (QED) is 0.260. The number of carboxylic acid groups (broad SMARTS) is 1. The SMILES string of the molecule is CC(C(=N)N)C(=O)Nc1ccc(N(c2scnc2C(=O)O)S(=O)O)cc1F. The fraction of sp³-hybridized carbons (Fsp3) is 0.143. The van der Waals surface area contributed by atoms with Gasteiger partial charge in [0.25, 0.3) is 11.3 Å². The maximum absolute atomic E-state index is 14.4. The third-order valence-corrected chi connectivity index (χ3v) is 5.03. The van der Waals surface area contributed by atoms with Gasteiger partial charge in [-0.2, -0.15) is 0 Å². The summed E-state index contributed by atoms with van der Waals surface area (Å²) in [7, 11) is 0. The van der Waals surface area contributed by atoms with Crippen molar-refractivity contribution in [3.05, 3.63) is 35.2 Å². The third-order valence-electron chi connectivity index (χ3n) is 3.40. The zero-order valence-corrected chi connectivity index (χ0v) is 15.3. The largest absolute Gasteiger partial charge is 0.476 e. The number of aromatic carboxylic acids is 1. The molecule has 13 heteroatoms. The van der Waals surface area contributed by atoms with Gasteiger partial charge in [0.2, 0.25) is 5.91 Å². The maximum atomic E-state index is 14.4. The van der Waals surface area contributed by atoms with Crippen LogP contribution in [0.1, 0.15) is 17.4 Å². The van der Waals surface area contributed by atoms with Gasteiger partial charge in [-0.3, -0.25) is 14.8 Å². The number of carbonyl (C=O) groups excluding carboxylic acids is 1. The number of amidine groups is 1. The number of thiazole rings is 1. The Morgan fingerprint density at radius 1 is 1.48 bits per heavy atom. The van der Waals surface area contributed by atoms with Crippen LogP contribution in [-0.2, 0) is 16.1 Å². The smallest absolute Gasteiger partial charge is 0.357 e. The van der Waals surface area contributed by atoms with Gasteiger partial charge in [0.1, 0.15) is 16.7 Å². The van der Waals surface area contributed by atoms with E-state index in [0.29, 0.717) is 4.31 Å². The molecule has 0 aliphatic carbocycles. The summed E-state index contributed by atoms with van der Waals surface area (Å²) >= 11 is -1.92. The predicted molar refractivity (Wildman–Crippen MR) is 98.1 cm³/mol. The summed E-state index contributed by atoms with van der Waals surface area (Å²) in [5.41, 5.74) is 5.58. The number of halogens is 1. The average Bonchev–Trinajstić information content (AvgIpc) is 3.05. The van der Waals surface area contributed by atoms with Crippen molar-refractivity contribution in [1.82, 2.24) is 4.98 Å². The number of carboxylic acids is 1. The molecule has 6 N–H and O–H groups in total. The Labute approximate surface area is 158 Å². The molecule has 1 amide bonds. The molecular formula is C14H14FN5O5S2. The van der Waals surface area contributed by atoms with Gasteiger partial charge >= 0.3 is 5.97 Å². The number of anilines is 3. The molecule has 1 heterocycles. The van der Waals surface area contributed by atoms with Gasteiger partial charge in [0.15, 0.2) is 5.69 Å². The first-order valence-corrected chi connectivity index (χ1v) is 9.10. The number of hydrogen-bond donors (Lipinski definition) is 5. The molecule has 0 spiro atoms. The summed E-state index contributed by atoms with van der Waals surface area (Å²) < 4.78 is 36.3. The van der Waals surface area contributed by atoms with Gasteiger partial charge in [-0.1, -0.05) is 0 Å². The number of benzene rings is 1. The number of nitrogens with one attached hydrogen (secondary N) is 2. The molecule has 27 heavy (non-hydrogen) atoms. The van der Waals surface area contributed by atoms with Crippen LogP contribution >= 0.6 is 11.3 Å². The van der Waals surface area contributed by atoms with E-state index in [0.717, 1.165) is 23.5 Å². The molecule has 0 bridgehead atoms. The lowest BCUT2D eigenvalue weighted by Crippen LogP contribution is -2.31. The maximum Gasteiger partial charge on any atom is 0.357 e. The van der Waals surface area contributed by atoms with Gasteiger partial charge < -0.3 is 16.2 Å². The second-order valence-electron chi connectivity index (χ2n) is 5.17. The first-order chi connectivity index (χ1) is 12.6. The molecule has 2 aromatic rings.